The molecule has 25 heavy (non-hydrogen) atoms. The van der Waals surface area contributed by atoms with Crippen LogP contribution in [0.25, 0.3) is 0 Å². The van der Waals surface area contributed by atoms with E-state index in [1.807, 2.05) is 13.0 Å². The molecule has 0 aromatic rings. The first-order valence-corrected chi connectivity index (χ1v) is 11.9. The Balaban J connectivity index is 4.11. The Labute approximate surface area is 152 Å². The third-order valence-electron chi connectivity index (χ3n) is 3.70. The van der Waals surface area contributed by atoms with Gasteiger partial charge in [0, 0.05) is 6.42 Å². The molecule has 0 heterocycles. The molecule has 0 radical (unpaired) electrons. The Bertz CT molecular complexity index is 554. The van der Waals surface area contributed by atoms with Crippen LogP contribution in [-0.2, 0) is 9.13 Å². The Morgan fingerprint density at radius 2 is 1.44 bits per heavy atom. The Kier molecular flexibility index (Phi) is 12.4. The highest BCUT2D eigenvalue weighted by molar-refractivity contribution is 7.66. The Morgan fingerprint density at radius 1 is 0.960 bits per heavy atom. The van der Waals surface area contributed by atoms with E-state index >= 15 is 0 Å². The lowest BCUT2D eigenvalue weighted by Crippen LogP contribution is -2.02. The van der Waals surface area contributed by atoms with E-state index in [0.29, 0.717) is 6.42 Å². The topological polar surface area (TPSA) is 94.8 Å². The molecule has 0 aliphatic carbocycles. The highest BCUT2D eigenvalue weighted by atomic mass is 31.2. The summed E-state index contributed by atoms with van der Waals surface area (Å²) in [6.07, 6.45) is 11.4. The standard InChI is InChI=1S/C18H32O5P2/c1-15(2)8-5-9-16(3)10-6-11-17(4)12-7-13-18(19)24(20)14-25(21,22)23/h8,10,12,18-19H,5-7,9,11,13-14H2,1-4H3,(H-,21,22,23)/p+1/b16-10+,17-12+. The number of aliphatic hydroxyl groups excluding tert-OH is 1. The van der Waals surface area contributed by atoms with Crippen molar-refractivity contribution in [2.75, 3.05) is 5.90 Å². The van der Waals surface area contributed by atoms with Crippen molar-refractivity contribution in [3.8, 4) is 0 Å². The van der Waals surface area contributed by atoms with Gasteiger partial charge in [-0.05, 0) is 59.8 Å². The quantitative estimate of drug-likeness (QED) is 0.303. The van der Waals surface area contributed by atoms with Gasteiger partial charge in [0.2, 0.25) is 5.90 Å². The molecule has 0 aliphatic heterocycles. The minimum absolute atomic E-state index is 0.254. The zero-order valence-corrected chi connectivity index (χ0v) is 17.6. The van der Waals surface area contributed by atoms with Crippen LogP contribution in [0, 0.1) is 0 Å². The van der Waals surface area contributed by atoms with Crippen molar-refractivity contribution in [2.45, 2.75) is 72.1 Å². The Morgan fingerprint density at radius 3 is 1.92 bits per heavy atom. The smallest absolute Gasteiger partial charge is 0.351 e. The first-order chi connectivity index (χ1) is 11.5. The predicted octanol–water partition coefficient (Wildman–Crippen LogP) is 5.47. The van der Waals surface area contributed by atoms with Crippen LogP contribution >= 0.6 is 15.4 Å². The summed E-state index contributed by atoms with van der Waals surface area (Å²) < 4.78 is 22.4. The lowest BCUT2D eigenvalue weighted by molar-refractivity contribution is 0.242. The maximum absolute atomic E-state index is 11.6. The molecular weight excluding hydrogens is 358 g/mol. The fourth-order valence-corrected chi connectivity index (χ4v) is 4.88. The van der Waals surface area contributed by atoms with Gasteiger partial charge in [0.1, 0.15) is 0 Å². The normalized spacial score (nSPS) is 15.1. The molecule has 0 aliphatic rings. The molecule has 2 unspecified atom stereocenters. The van der Waals surface area contributed by atoms with Gasteiger partial charge in [0.15, 0.2) is 0 Å². The summed E-state index contributed by atoms with van der Waals surface area (Å²) >= 11 is 0. The first kappa shape index (κ1) is 24.4. The molecule has 0 spiro atoms. The van der Waals surface area contributed by atoms with Crippen molar-refractivity contribution >= 4 is 15.4 Å². The minimum atomic E-state index is -4.33. The SMILES string of the molecule is CC(C)=CCC/C(C)=C/CC/C(C)=C/CCC(O)[P+](=O)CP(=O)(O)O. The van der Waals surface area contributed by atoms with Crippen molar-refractivity contribution in [1.29, 1.82) is 0 Å². The zero-order chi connectivity index (χ0) is 19.5. The summed E-state index contributed by atoms with van der Waals surface area (Å²) in [4.78, 5) is 17.5. The summed E-state index contributed by atoms with van der Waals surface area (Å²) in [5.41, 5.74) is 3.93. The first-order valence-electron chi connectivity index (χ1n) is 8.62. The second-order valence-electron chi connectivity index (χ2n) is 6.74. The molecule has 0 saturated heterocycles. The molecular formula is C18H33O5P2+. The van der Waals surface area contributed by atoms with Crippen LogP contribution in [-0.4, -0.2) is 26.6 Å². The largest absolute Gasteiger partial charge is 0.382 e. The monoisotopic (exact) mass is 391 g/mol. The number of aliphatic hydroxyl groups is 1. The highest BCUT2D eigenvalue weighted by Crippen LogP contribution is 2.47. The van der Waals surface area contributed by atoms with Gasteiger partial charge in [-0.1, -0.05) is 39.5 Å². The summed E-state index contributed by atoms with van der Waals surface area (Å²) in [7, 11) is -6.63. The third-order valence-corrected chi connectivity index (χ3v) is 7.21. The van der Waals surface area contributed by atoms with E-state index < -0.39 is 27.1 Å². The lowest BCUT2D eigenvalue weighted by atomic mass is 10.1. The molecule has 0 aromatic heterocycles. The van der Waals surface area contributed by atoms with Crippen LogP contribution in [0.15, 0.2) is 34.9 Å². The van der Waals surface area contributed by atoms with Gasteiger partial charge in [0.25, 0.3) is 5.85 Å². The van der Waals surface area contributed by atoms with Crippen molar-refractivity contribution in [1.82, 2.24) is 0 Å². The number of hydrogen-bond donors (Lipinski definition) is 3. The molecule has 0 amide bonds. The molecule has 3 N–H and O–H groups in total. The van der Waals surface area contributed by atoms with Gasteiger partial charge in [-0.3, -0.25) is 4.57 Å². The Hall–Kier alpha value is -0.570. The highest BCUT2D eigenvalue weighted by Gasteiger charge is 2.35. The van der Waals surface area contributed by atoms with Crippen LogP contribution in [0.3, 0.4) is 0 Å². The molecule has 5 nitrogen and oxygen atoms in total. The second kappa shape index (κ2) is 12.7. The van der Waals surface area contributed by atoms with E-state index in [4.69, 9.17) is 9.79 Å². The predicted molar refractivity (Wildman–Crippen MR) is 105 cm³/mol. The van der Waals surface area contributed by atoms with E-state index in [1.54, 1.807) is 0 Å². The van der Waals surface area contributed by atoms with E-state index in [9.17, 15) is 14.2 Å². The van der Waals surface area contributed by atoms with Gasteiger partial charge in [-0.25, -0.2) is 0 Å². The third kappa shape index (κ3) is 15.4. The number of allylic oxidation sites excluding steroid dienone is 6. The molecule has 144 valence electrons. The van der Waals surface area contributed by atoms with Gasteiger partial charge in [0.05, 0.1) is 0 Å². The molecule has 2 atom stereocenters. The van der Waals surface area contributed by atoms with E-state index in [0.717, 1.165) is 25.7 Å². The second-order valence-corrected chi connectivity index (χ2v) is 10.6. The summed E-state index contributed by atoms with van der Waals surface area (Å²) in [6, 6.07) is 0. The van der Waals surface area contributed by atoms with Crippen LogP contribution in [0.2, 0.25) is 0 Å². The van der Waals surface area contributed by atoms with Crippen LogP contribution in [0.1, 0.15) is 66.2 Å². The average Bonchev–Trinajstić information content (AvgIpc) is 2.44. The van der Waals surface area contributed by atoms with Crippen LogP contribution < -0.4 is 0 Å². The molecule has 0 fully saturated rings. The van der Waals surface area contributed by atoms with Gasteiger partial charge >= 0.3 is 15.4 Å². The molecule has 0 saturated carbocycles. The van der Waals surface area contributed by atoms with E-state index in [2.05, 4.69) is 32.9 Å². The average molecular weight is 391 g/mol. The summed E-state index contributed by atoms with van der Waals surface area (Å²) in [6.45, 7) is 8.37. The minimum Gasteiger partial charge on any atom is -0.351 e. The maximum Gasteiger partial charge on any atom is 0.382 e. The van der Waals surface area contributed by atoms with Crippen molar-refractivity contribution in [3.63, 3.8) is 0 Å². The molecule has 0 aromatic carbocycles. The molecule has 0 rings (SSSR count). The number of rotatable bonds is 12. The van der Waals surface area contributed by atoms with Crippen molar-refractivity contribution < 1.29 is 24.0 Å². The van der Waals surface area contributed by atoms with Gasteiger partial charge in [-0.15, -0.1) is 0 Å². The lowest BCUT2D eigenvalue weighted by Gasteiger charge is -2.03. The van der Waals surface area contributed by atoms with E-state index in [1.165, 1.54) is 16.7 Å². The summed E-state index contributed by atoms with van der Waals surface area (Å²) in [5, 5.41) is 9.69. The molecule has 7 heteroatoms. The molecule has 0 bridgehead atoms. The van der Waals surface area contributed by atoms with Crippen molar-refractivity contribution in [3.05, 3.63) is 34.9 Å². The van der Waals surface area contributed by atoms with Crippen molar-refractivity contribution in [2.24, 2.45) is 0 Å². The zero-order valence-electron chi connectivity index (χ0n) is 15.8. The van der Waals surface area contributed by atoms with Crippen LogP contribution in [0.4, 0.5) is 0 Å². The summed E-state index contributed by atoms with van der Waals surface area (Å²) in [5.74, 6) is -1.91. The van der Waals surface area contributed by atoms with E-state index in [-0.39, 0.29) is 6.42 Å². The maximum atomic E-state index is 11.6. The van der Waals surface area contributed by atoms with Crippen LogP contribution in [0.5, 0.6) is 0 Å². The fourth-order valence-electron chi connectivity index (χ4n) is 2.24. The number of hydrogen-bond acceptors (Lipinski definition) is 3. The van der Waals surface area contributed by atoms with Gasteiger partial charge < -0.3 is 14.9 Å². The van der Waals surface area contributed by atoms with Gasteiger partial charge in [-0.2, -0.15) is 0 Å². The fraction of sp³-hybridized carbons (Fsp3) is 0.667.